The Kier molecular flexibility index (Phi) is 10.1. The van der Waals surface area contributed by atoms with Crippen LogP contribution in [-0.4, -0.2) is 53.7 Å². The molecule has 0 atom stereocenters. The zero-order valence-electron chi connectivity index (χ0n) is 21.4. The van der Waals surface area contributed by atoms with Crippen LogP contribution in [0.25, 0.3) is 11.3 Å². The third-order valence-electron chi connectivity index (χ3n) is 5.83. The summed E-state index contributed by atoms with van der Waals surface area (Å²) in [5.74, 6) is -0.164. The lowest BCUT2D eigenvalue weighted by Gasteiger charge is -2.10. The number of esters is 1. The van der Waals surface area contributed by atoms with E-state index in [-0.39, 0.29) is 30.3 Å². The summed E-state index contributed by atoms with van der Waals surface area (Å²) >= 11 is 0. The molecule has 1 heterocycles. The highest BCUT2D eigenvalue weighted by Crippen LogP contribution is 2.19. The number of rotatable bonds is 13. The van der Waals surface area contributed by atoms with Gasteiger partial charge in [0.05, 0.1) is 25.3 Å². The van der Waals surface area contributed by atoms with E-state index in [1.54, 1.807) is 13.0 Å². The van der Waals surface area contributed by atoms with E-state index in [2.05, 4.69) is 24.1 Å². The third kappa shape index (κ3) is 8.27. The molecule has 0 aliphatic heterocycles. The zero-order chi connectivity index (χ0) is 25.9. The monoisotopic (exact) mass is 489 g/mol. The van der Waals surface area contributed by atoms with Gasteiger partial charge in [-0.2, -0.15) is 5.10 Å². The van der Waals surface area contributed by atoms with Gasteiger partial charge >= 0.3 is 5.97 Å². The predicted molar refractivity (Wildman–Crippen MR) is 141 cm³/mol. The third-order valence-corrected chi connectivity index (χ3v) is 5.83. The summed E-state index contributed by atoms with van der Waals surface area (Å²) in [7, 11) is 4.11. The van der Waals surface area contributed by atoms with Crippen molar-refractivity contribution >= 4 is 11.8 Å². The number of benzene rings is 2. The molecule has 0 aliphatic carbocycles. The number of aromatic nitrogens is 2. The first-order valence-corrected chi connectivity index (χ1v) is 12.5. The molecule has 7 nitrogen and oxygen atoms in total. The molecule has 7 heteroatoms. The SMILES string of the molecule is CCOC(=O)Cc1cccc(Cn2nc(-c3cccc(C(=O)CCCCCN(C)C)c3)ccc2=O)c1. The van der Waals surface area contributed by atoms with Gasteiger partial charge in [0, 0.05) is 23.6 Å². The summed E-state index contributed by atoms with van der Waals surface area (Å²) in [5.41, 5.74) is 3.53. The van der Waals surface area contributed by atoms with Crippen LogP contribution in [0, 0.1) is 0 Å². The number of hydrogen-bond acceptors (Lipinski definition) is 6. The Balaban J connectivity index is 1.71. The molecule has 1 aromatic heterocycles. The van der Waals surface area contributed by atoms with Crippen LogP contribution in [0.15, 0.2) is 65.5 Å². The minimum absolute atomic E-state index is 0.119. The molecule has 3 aromatic rings. The van der Waals surface area contributed by atoms with Crippen molar-refractivity contribution in [1.82, 2.24) is 14.7 Å². The van der Waals surface area contributed by atoms with Crippen molar-refractivity contribution < 1.29 is 14.3 Å². The molecule has 0 radical (unpaired) electrons. The maximum absolute atomic E-state index is 12.7. The van der Waals surface area contributed by atoms with Crippen LogP contribution in [0.4, 0.5) is 0 Å². The maximum Gasteiger partial charge on any atom is 0.310 e. The number of carbonyl (C=O) groups is 2. The maximum atomic E-state index is 12.7. The number of carbonyl (C=O) groups excluding carboxylic acids is 2. The molecule has 0 N–H and O–H groups in total. The number of ketones is 1. The highest BCUT2D eigenvalue weighted by molar-refractivity contribution is 5.97. The van der Waals surface area contributed by atoms with Gasteiger partial charge in [0.2, 0.25) is 0 Å². The van der Waals surface area contributed by atoms with Crippen molar-refractivity contribution in [3.8, 4) is 11.3 Å². The number of nitrogens with zero attached hydrogens (tertiary/aromatic N) is 3. The largest absolute Gasteiger partial charge is 0.466 e. The van der Waals surface area contributed by atoms with Gasteiger partial charge in [0.15, 0.2) is 5.78 Å². The molecule has 0 saturated carbocycles. The van der Waals surface area contributed by atoms with E-state index in [4.69, 9.17) is 4.74 Å². The minimum atomic E-state index is -0.282. The summed E-state index contributed by atoms with van der Waals surface area (Å²) in [6, 6.07) is 18.1. The van der Waals surface area contributed by atoms with Crippen molar-refractivity contribution in [1.29, 1.82) is 0 Å². The number of Topliss-reactive ketones (excluding diaryl/α,β-unsaturated/α-hetero) is 1. The van der Waals surface area contributed by atoms with Gasteiger partial charge < -0.3 is 9.64 Å². The van der Waals surface area contributed by atoms with Gasteiger partial charge in [0.25, 0.3) is 5.56 Å². The van der Waals surface area contributed by atoms with Crippen LogP contribution < -0.4 is 5.56 Å². The van der Waals surface area contributed by atoms with Crippen molar-refractivity contribution in [2.75, 3.05) is 27.2 Å². The van der Waals surface area contributed by atoms with E-state index < -0.39 is 0 Å². The van der Waals surface area contributed by atoms with Gasteiger partial charge in [-0.05, 0) is 63.7 Å². The fourth-order valence-corrected chi connectivity index (χ4v) is 3.99. The lowest BCUT2D eigenvalue weighted by molar-refractivity contribution is -0.142. The Hall–Kier alpha value is -3.58. The van der Waals surface area contributed by atoms with Crippen LogP contribution in [0.2, 0.25) is 0 Å². The predicted octanol–water partition coefficient (Wildman–Crippen LogP) is 4.37. The van der Waals surface area contributed by atoms with E-state index >= 15 is 0 Å². The summed E-state index contributed by atoms with van der Waals surface area (Å²) in [5, 5.41) is 4.56. The second kappa shape index (κ2) is 13.5. The Morgan fingerprint density at radius 3 is 2.50 bits per heavy atom. The summed E-state index contributed by atoms with van der Waals surface area (Å²) in [6.45, 7) is 3.42. The van der Waals surface area contributed by atoms with Gasteiger partial charge in [-0.25, -0.2) is 4.68 Å². The Bertz CT molecular complexity index is 1230. The van der Waals surface area contributed by atoms with Gasteiger partial charge in [-0.1, -0.05) is 48.9 Å². The van der Waals surface area contributed by atoms with Crippen LogP contribution >= 0.6 is 0 Å². The molecule has 2 aromatic carbocycles. The molecule has 0 fully saturated rings. The highest BCUT2D eigenvalue weighted by atomic mass is 16.5. The van der Waals surface area contributed by atoms with Crippen molar-refractivity contribution in [2.45, 2.75) is 45.6 Å². The molecule has 0 saturated heterocycles. The van der Waals surface area contributed by atoms with Crippen LogP contribution in [0.1, 0.15) is 54.1 Å². The molecule has 0 amide bonds. The van der Waals surface area contributed by atoms with Gasteiger partial charge in [-0.3, -0.25) is 14.4 Å². The van der Waals surface area contributed by atoms with E-state index in [0.29, 0.717) is 24.3 Å². The minimum Gasteiger partial charge on any atom is -0.466 e. The molecule has 0 aliphatic rings. The topological polar surface area (TPSA) is 81.5 Å². The van der Waals surface area contributed by atoms with Crippen LogP contribution in [-0.2, 0) is 22.5 Å². The summed E-state index contributed by atoms with van der Waals surface area (Å²) < 4.78 is 6.42. The van der Waals surface area contributed by atoms with Crippen molar-refractivity contribution in [3.63, 3.8) is 0 Å². The summed E-state index contributed by atoms with van der Waals surface area (Å²) in [4.78, 5) is 39.2. The molecule has 0 unspecified atom stereocenters. The standard InChI is InChI=1S/C29H35N3O4/c1-4-36-29(35)19-22-10-8-11-23(18-22)21-32-28(34)16-15-26(30-32)24-12-9-13-25(20-24)27(33)14-6-5-7-17-31(2)3/h8-13,15-16,18,20H,4-7,14,17,19,21H2,1-3H3. The number of hydrogen-bond donors (Lipinski definition) is 0. The Labute approximate surface area is 212 Å². The molecule has 3 rings (SSSR count). The summed E-state index contributed by atoms with van der Waals surface area (Å²) in [6.07, 6.45) is 3.68. The molecular weight excluding hydrogens is 454 g/mol. The second-order valence-corrected chi connectivity index (χ2v) is 9.13. The van der Waals surface area contributed by atoms with Gasteiger partial charge in [0.1, 0.15) is 0 Å². The highest BCUT2D eigenvalue weighted by Gasteiger charge is 2.10. The van der Waals surface area contributed by atoms with Crippen molar-refractivity contribution in [3.05, 3.63) is 87.7 Å². The molecule has 0 bridgehead atoms. The molecular formula is C29H35N3O4. The van der Waals surface area contributed by atoms with Crippen LogP contribution in [0.5, 0.6) is 0 Å². The zero-order valence-corrected chi connectivity index (χ0v) is 21.4. The van der Waals surface area contributed by atoms with Crippen molar-refractivity contribution in [2.24, 2.45) is 0 Å². The quantitative estimate of drug-likeness (QED) is 0.201. The molecule has 36 heavy (non-hydrogen) atoms. The average molecular weight is 490 g/mol. The fourth-order valence-electron chi connectivity index (χ4n) is 3.99. The molecule has 0 spiro atoms. The molecule has 190 valence electrons. The van der Waals surface area contributed by atoms with E-state index in [1.165, 1.54) is 10.7 Å². The Morgan fingerprint density at radius 1 is 0.944 bits per heavy atom. The van der Waals surface area contributed by atoms with Gasteiger partial charge in [-0.15, -0.1) is 0 Å². The van der Waals surface area contributed by atoms with E-state index in [0.717, 1.165) is 42.5 Å². The second-order valence-electron chi connectivity index (χ2n) is 9.13. The lowest BCUT2D eigenvalue weighted by Crippen LogP contribution is -2.23. The first kappa shape index (κ1) is 27.0. The Morgan fingerprint density at radius 2 is 1.72 bits per heavy atom. The van der Waals surface area contributed by atoms with E-state index in [1.807, 2.05) is 48.5 Å². The number of unbranched alkanes of at least 4 members (excludes halogenated alkanes) is 2. The van der Waals surface area contributed by atoms with E-state index in [9.17, 15) is 14.4 Å². The normalized spacial score (nSPS) is 11.0. The first-order valence-electron chi connectivity index (χ1n) is 12.5. The smallest absolute Gasteiger partial charge is 0.310 e. The number of ether oxygens (including phenoxy) is 1. The first-order chi connectivity index (χ1) is 17.4. The van der Waals surface area contributed by atoms with Crippen LogP contribution in [0.3, 0.4) is 0 Å². The lowest BCUT2D eigenvalue weighted by atomic mass is 10.0. The average Bonchev–Trinajstić information content (AvgIpc) is 2.85. The fraction of sp³-hybridized carbons (Fsp3) is 0.379.